The molecule has 2 heterocycles. The Morgan fingerprint density at radius 1 is 1.22 bits per heavy atom. The predicted octanol–water partition coefficient (Wildman–Crippen LogP) is 2.23. The van der Waals surface area contributed by atoms with Crippen molar-refractivity contribution in [3.05, 3.63) is 28.8 Å². The molecule has 2 aromatic rings. The number of nitrogens with one attached hydrogen (secondary N) is 1. The summed E-state index contributed by atoms with van der Waals surface area (Å²) in [5.41, 5.74) is 3.56. The van der Waals surface area contributed by atoms with Gasteiger partial charge in [-0.1, -0.05) is 0 Å². The highest BCUT2D eigenvalue weighted by molar-refractivity contribution is 6.03. The topological polar surface area (TPSA) is 75.9 Å². The maximum absolute atomic E-state index is 12.6. The second kappa shape index (κ2) is 6.76. The molecule has 7 heteroatoms. The number of nitrogens with zero attached hydrogens (tertiary/aromatic N) is 5. The van der Waals surface area contributed by atoms with Gasteiger partial charge in [0, 0.05) is 25.8 Å². The summed E-state index contributed by atoms with van der Waals surface area (Å²) in [6, 6.07) is 1.70. The van der Waals surface area contributed by atoms with Crippen LogP contribution in [-0.4, -0.2) is 38.7 Å². The van der Waals surface area contributed by atoms with E-state index in [1.165, 1.54) is 0 Å². The Morgan fingerprint density at radius 2 is 1.87 bits per heavy atom. The first-order valence-corrected chi connectivity index (χ1v) is 7.79. The van der Waals surface area contributed by atoms with E-state index >= 15 is 0 Å². The summed E-state index contributed by atoms with van der Waals surface area (Å²) in [6.07, 6.45) is 0. The lowest BCUT2D eigenvalue weighted by Gasteiger charge is -2.19. The molecule has 0 fully saturated rings. The Kier molecular flexibility index (Phi) is 4.98. The van der Waals surface area contributed by atoms with Gasteiger partial charge in [0.2, 0.25) is 5.95 Å². The van der Waals surface area contributed by atoms with E-state index in [0.717, 1.165) is 35.9 Å². The van der Waals surface area contributed by atoms with Crippen LogP contribution in [-0.2, 0) is 7.05 Å². The van der Waals surface area contributed by atoms with Crippen LogP contribution in [0.4, 0.5) is 11.6 Å². The third-order valence-electron chi connectivity index (χ3n) is 3.87. The zero-order valence-corrected chi connectivity index (χ0v) is 14.6. The standard InChI is InChI=1S/C16H24N6O/c1-7-22(8-2)16-17-10(3)9-13(18-16)15(23)19-14-11(4)20-21(6)12(14)5/h9H,7-8H2,1-6H3,(H,19,23). The lowest BCUT2D eigenvalue weighted by molar-refractivity contribution is 0.102. The molecule has 2 aromatic heterocycles. The molecule has 0 spiro atoms. The number of hydrogen-bond donors (Lipinski definition) is 1. The minimum Gasteiger partial charge on any atom is -0.341 e. The Labute approximate surface area is 136 Å². The van der Waals surface area contributed by atoms with Crippen LogP contribution in [0, 0.1) is 20.8 Å². The van der Waals surface area contributed by atoms with E-state index in [4.69, 9.17) is 0 Å². The van der Waals surface area contributed by atoms with Crippen molar-refractivity contribution in [2.75, 3.05) is 23.3 Å². The highest BCUT2D eigenvalue weighted by Crippen LogP contribution is 2.19. The fourth-order valence-electron chi connectivity index (χ4n) is 2.45. The van der Waals surface area contributed by atoms with Crippen LogP contribution in [0.2, 0.25) is 0 Å². The first kappa shape index (κ1) is 16.9. The molecule has 0 aliphatic heterocycles. The molecule has 0 unspecified atom stereocenters. The van der Waals surface area contributed by atoms with Crippen LogP contribution in [0.25, 0.3) is 0 Å². The summed E-state index contributed by atoms with van der Waals surface area (Å²) in [4.78, 5) is 23.4. The molecule has 23 heavy (non-hydrogen) atoms. The van der Waals surface area contributed by atoms with Gasteiger partial charge in [0.1, 0.15) is 5.69 Å². The number of rotatable bonds is 5. The van der Waals surface area contributed by atoms with Gasteiger partial charge >= 0.3 is 0 Å². The molecule has 2 rings (SSSR count). The maximum Gasteiger partial charge on any atom is 0.274 e. The second-order valence-corrected chi connectivity index (χ2v) is 5.49. The molecule has 0 aliphatic carbocycles. The van der Waals surface area contributed by atoms with Crippen molar-refractivity contribution < 1.29 is 4.79 Å². The van der Waals surface area contributed by atoms with Crippen molar-refractivity contribution in [2.45, 2.75) is 34.6 Å². The minimum atomic E-state index is -0.247. The van der Waals surface area contributed by atoms with Gasteiger partial charge in [-0.05, 0) is 40.7 Å². The van der Waals surface area contributed by atoms with Crippen molar-refractivity contribution in [3.8, 4) is 0 Å². The van der Waals surface area contributed by atoms with Crippen molar-refractivity contribution in [1.29, 1.82) is 0 Å². The first-order valence-electron chi connectivity index (χ1n) is 7.79. The van der Waals surface area contributed by atoms with Crippen LogP contribution in [0.1, 0.15) is 41.4 Å². The zero-order chi connectivity index (χ0) is 17.1. The van der Waals surface area contributed by atoms with Crippen LogP contribution < -0.4 is 10.2 Å². The van der Waals surface area contributed by atoms with Gasteiger partial charge in [0.25, 0.3) is 5.91 Å². The Morgan fingerprint density at radius 3 is 2.39 bits per heavy atom. The molecule has 0 atom stereocenters. The number of aromatic nitrogens is 4. The van der Waals surface area contributed by atoms with Crippen LogP contribution in [0.15, 0.2) is 6.07 Å². The highest BCUT2D eigenvalue weighted by atomic mass is 16.1. The van der Waals surface area contributed by atoms with Gasteiger partial charge in [0.05, 0.1) is 17.1 Å². The SMILES string of the molecule is CCN(CC)c1nc(C)cc(C(=O)Nc2c(C)nn(C)c2C)n1. The van der Waals surface area contributed by atoms with Crippen molar-refractivity contribution in [3.63, 3.8) is 0 Å². The quantitative estimate of drug-likeness (QED) is 0.915. The monoisotopic (exact) mass is 316 g/mol. The van der Waals surface area contributed by atoms with Crippen LogP contribution in [0.5, 0.6) is 0 Å². The van der Waals surface area contributed by atoms with E-state index in [1.54, 1.807) is 10.7 Å². The molecule has 0 aliphatic rings. The minimum absolute atomic E-state index is 0.247. The number of hydrogen-bond acceptors (Lipinski definition) is 5. The Balaban J connectivity index is 2.32. The molecule has 0 bridgehead atoms. The lowest BCUT2D eigenvalue weighted by atomic mass is 10.2. The second-order valence-electron chi connectivity index (χ2n) is 5.49. The normalized spacial score (nSPS) is 10.7. The number of anilines is 2. The summed E-state index contributed by atoms with van der Waals surface area (Å²) >= 11 is 0. The fourth-order valence-corrected chi connectivity index (χ4v) is 2.45. The number of carbonyl (C=O) groups excluding carboxylic acids is 1. The summed E-state index contributed by atoms with van der Waals surface area (Å²) in [5.74, 6) is 0.336. The number of amides is 1. The summed E-state index contributed by atoms with van der Waals surface area (Å²) in [6.45, 7) is 11.3. The lowest BCUT2D eigenvalue weighted by Crippen LogP contribution is -2.26. The molecular weight excluding hydrogens is 292 g/mol. The number of carbonyl (C=O) groups is 1. The Hall–Kier alpha value is -2.44. The molecule has 1 amide bonds. The van der Waals surface area contributed by atoms with E-state index < -0.39 is 0 Å². The largest absolute Gasteiger partial charge is 0.341 e. The van der Waals surface area contributed by atoms with E-state index in [0.29, 0.717) is 11.6 Å². The molecule has 7 nitrogen and oxygen atoms in total. The first-order chi connectivity index (χ1) is 10.9. The van der Waals surface area contributed by atoms with E-state index in [2.05, 4.69) is 20.4 Å². The third-order valence-corrected chi connectivity index (χ3v) is 3.87. The van der Waals surface area contributed by atoms with Gasteiger partial charge in [-0.15, -0.1) is 0 Å². The third kappa shape index (κ3) is 3.49. The Bertz CT molecular complexity index is 718. The summed E-state index contributed by atoms with van der Waals surface area (Å²) < 4.78 is 1.75. The zero-order valence-electron chi connectivity index (χ0n) is 14.6. The van der Waals surface area contributed by atoms with E-state index in [9.17, 15) is 4.79 Å². The molecule has 0 saturated heterocycles. The summed E-state index contributed by atoms with van der Waals surface area (Å²) in [5, 5.41) is 7.22. The molecular formula is C16H24N6O. The molecule has 1 N–H and O–H groups in total. The predicted molar refractivity (Wildman–Crippen MR) is 91.0 cm³/mol. The molecule has 0 saturated carbocycles. The van der Waals surface area contributed by atoms with Gasteiger partial charge in [-0.25, -0.2) is 9.97 Å². The fraction of sp³-hybridized carbons (Fsp3) is 0.500. The molecule has 124 valence electrons. The molecule has 0 aromatic carbocycles. The van der Waals surface area contributed by atoms with Crippen LogP contribution in [0.3, 0.4) is 0 Å². The molecule has 0 radical (unpaired) electrons. The van der Waals surface area contributed by atoms with Crippen LogP contribution >= 0.6 is 0 Å². The van der Waals surface area contributed by atoms with Gasteiger partial charge in [-0.3, -0.25) is 9.48 Å². The smallest absolute Gasteiger partial charge is 0.274 e. The van der Waals surface area contributed by atoms with Crippen molar-refractivity contribution in [1.82, 2.24) is 19.7 Å². The van der Waals surface area contributed by atoms with Crippen molar-refractivity contribution in [2.24, 2.45) is 7.05 Å². The number of aryl methyl sites for hydroxylation is 3. The van der Waals surface area contributed by atoms with Gasteiger partial charge < -0.3 is 10.2 Å². The van der Waals surface area contributed by atoms with E-state index in [1.807, 2.05) is 46.6 Å². The average Bonchev–Trinajstić information content (AvgIpc) is 2.74. The van der Waals surface area contributed by atoms with Gasteiger partial charge in [0.15, 0.2) is 0 Å². The van der Waals surface area contributed by atoms with Gasteiger partial charge in [-0.2, -0.15) is 5.10 Å². The maximum atomic E-state index is 12.6. The average molecular weight is 316 g/mol. The van der Waals surface area contributed by atoms with Crippen molar-refractivity contribution >= 4 is 17.5 Å². The summed E-state index contributed by atoms with van der Waals surface area (Å²) in [7, 11) is 1.85. The van der Waals surface area contributed by atoms with E-state index in [-0.39, 0.29) is 5.91 Å². The highest BCUT2D eigenvalue weighted by Gasteiger charge is 2.17.